The average Bonchev–Trinajstić information content (AvgIpc) is 3.29. The molecule has 1 aliphatic rings. The van der Waals surface area contributed by atoms with Gasteiger partial charge in [0.2, 0.25) is 5.91 Å². The number of benzene rings is 1. The van der Waals surface area contributed by atoms with Crippen LogP contribution in [0.2, 0.25) is 0 Å². The first-order valence-electron chi connectivity index (χ1n) is 9.39. The van der Waals surface area contributed by atoms with Crippen LogP contribution in [0.4, 0.5) is 0 Å². The van der Waals surface area contributed by atoms with E-state index in [0.29, 0.717) is 43.0 Å². The van der Waals surface area contributed by atoms with Gasteiger partial charge in [0.1, 0.15) is 0 Å². The maximum atomic E-state index is 12.8. The molecule has 8 nitrogen and oxygen atoms in total. The Labute approximate surface area is 172 Å². The van der Waals surface area contributed by atoms with Gasteiger partial charge in [0, 0.05) is 55.4 Å². The van der Waals surface area contributed by atoms with Gasteiger partial charge in [-0.2, -0.15) is 4.31 Å². The van der Waals surface area contributed by atoms with Crippen molar-refractivity contribution in [3.63, 3.8) is 0 Å². The Morgan fingerprint density at radius 3 is 2.59 bits per heavy atom. The fourth-order valence-corrected chi connectivity index (χ4v) is 6.53. The summed E-state index contributed by atoms with van der Waals surface area (Å²) in [5.74, 6) is 0.0230. The fourth-order valence-electron chi connectivity index (χ4n) is 3.67. The highest BCUT2D eigenvalue weighted by Crippen LogP contribution is 2.23. The van der Waals surface area contributed by atoms with E-state index in [1.54, 1.807) is 11.8 Å². The van der Waals surface area contributed by atoms with Crippen molar-refractivity contribution in [3.8, 4) is 0 Å². The number of nitrogens with one attached hydrogen (secondary N) is 2. The summed E-state index contributed by atoms with van der Waals surface area (Å²) in [6.07, 6.45) is 2.96. The van der Waals surface area contributed by atoms with Crippen molar-refractivity contribution in [1.29, 1.82) is 0 Å². The molecule has 4 rings (SSSR count). The van der Waals surface area contributed by atoms with E-state index in [1.807, 2.05) is 30.5 Å². The molecule has 2 aromatic heterocycles. The number of carbonyl (C=O) groups is 1. The minimum absolute atomic E-state index is 0.0230. The number of H-pyrrole nitrogens is 2. The van der Waals surface area contributed by atoms with Gasteiger partial charge in [0.05, 0.1) is 0 Å². The van der Waals surface area contributed by atoms with Crippen molar-refractivity contribution >= 4 is 38.2 Å². The van der Waals surface area contributed by atoms with Crippen molar-refractivity contribution in [2.75, 3.05) is 26.2 Å². The molecule has 1 amide bonds. The van der Waals surface area contributed by atoms with E-state index in [0.717, 1.165) is 16.5 Å². The van der Waals surface area contributed by atoms with Crippen LogP contribution in [0.3, 0.4) is 0 Å². The Hall–Kier alpha value is -2.43. The van der Waals surface area contributed by atoms with Crippen LogP contribution in [0.25, 0.3) is 10.9 Å². The van der Waals surface area contributed by atoms with E-state index in [4.69, 9.17) is 0 Å². The molecule has 0 spiro atoms. The van der Waals surface area contributed by atoms with Crippen LogP contribution >= 0.6 is 11.3 Å². The first kappa shape index (κ1) is 19.9. The lowest BCUT2D eigenvalue weighted by atomic mass is 10.1. The van der Waals surface area contributed by atoms with Crippen molar-refractivity contribution in [2.24, 2.45) is 0 Å². The first-order chi connectivity index (χ1) is 13.9. The molecule has 154 valence electrons. The topological polar surface area (TPSA) is 106 Å². The van der Waals surface area contributed by atoms with Crippen molar-refractivity contribution in [2.45, 2.75) is 24.0 Å². The number of amides is 1. The van der Waals surface area contributed by atoms with Crippen molar-refractivity contribution in [1.82, 2.24) is 19.2 Å². The number of para-hydroxylation sites is 1. The fraction of sp³-hybridized carbons (Fsp3) is 0.368. The Kier molecular flexibility index (Phi) is 5.32. The summed E-state index contributed by atoms with van der Waals surface area (Å²) in [6.45, 7) is 2.74. The van der Waals surface area contributed by atoms with Gasteiger partial charge in [-0.1, -0.05) is 29.5 Å². The number of hydrogen-bond donors (Lipinski definition) is 2. The molecule has 0 radical (unpaired) electrons. The quantitative estimate of drug-likeness (QED) is 0.637. The molecular weight excluding hydrogens is 412 g/mol. The summed E-state index contributed by atoms with van der Waals surface area (Å²) in [7, 11) is -3.71. The lowest BCUT2D eigenvalue weighted by Crippen LogP contribution is -2.50. The normalized spacial score (nSPS) is 15.8. The Balaban J connectivity index is 1.36. The smallest absolute Gasteiger partial charge is 0.305 e. The third-order valence-corrected chi connectivity index (χ3v) is 8.71. The molecule has 0 unspecified atom stereocenters. The molecule has 3 heterocycles. The molecule has 0 atom stereocenters. The lowest BCUT2D eigenvalue weighted by molar-refractivity contribution is -0.132. The number of carbonyl (C=O) groups excluding carboxylic acids is 1. The third-order valence-electron chi connectivity index (χ3n) is 5.23. The standard InChI is InChI=1S/C19H22N4O4S2/c1-13-18(28-19(25)21-13)29(26,27)23-10-8-22(9-11-23)17(24)7-6-14-12-20-16-5-3-2-4-15(14)16/h2-5,12,20H,6-11H2,1H3,(H,21,25). The van der Waals surface area contributed by atoms with Gasteiger partial charge in [0.15, 0.2) is 4.21 Å². The molecule has 10 heteroatoms. The maximum absolute atomic E-state index is 12.8. The second-order valence-electron chi connectivity index (χ2n) is 7.07. The monoisotopic (exact) mass is 434 g/mol. The number of aromatic nitrogens is 2. The lowest BCUT2D eigenvalue weighted by Gasteiger charge is -2.33. The number of thiazole rings is 1. The number of rotatable bonds is 5. The molecule has 1 saturated heterocycles. The Morgan fingerprint density at radius 2 is 1.90 bits per heavy atom. The number of nitrogens with zero attached hydrogens (tertiary/aromatic N) is 2. The van der Waals surface area contributed by atoms with E-state index in [1.165, 1.54) is 4.31 Å². The average molecular weight is 435 g/mol. The second kappa shape index (κ2) is 7.77. The zero-order valence-electron chi connectivity index (χ0n) is 16.0. The molecule has 0 aliphatic carbocycles. The van der Waals surface area contributed by atoms with Crippen LogP contribution in [0.15, 0.2) is 39.5 Å². The highest BCUT2D eigenvalue weighted by atomic mass is 32.2. The van der Waals surface area contributed by atoms with Crippen LogP contribution in [0.1, 0.15) is 17.7 Å². The summed E-state index contributed by atoms with van der Waals surface area (Å²) < 4.78 is 27.0. The maximum Gasteiger partial charge on any atom is 0.305 e. The van der Waals surface area contributed by atoms with E-state index < -0.39 is 10.0 Å². The second-order valence-corrected chi connectivity index (χ2v) is 10.2. The van der Waals surface area contributed by atoms with Crippen molar-refractivity contribution < 1.29 is 13.2 Å². The molecule has 1 fully saturated rings. The number of fused-ring (bicyclic) bond motifs is 1. The van der Waals surface area contributed by atoms with Crippen LogP contribution < -0.4 is 4.87 Å². The van der Waals surface area contributed by atoms with Gasteiger partial charge in [-0.3, -0.25) is 9.59 Å². The Morgan fingerprint density at radius 1 is 1.17 bits per heavy atom. The Bertz CT molecular complexity index is 1200. The molecule has 29 heavy (non-hydrogen) atoms. The van der Waals surface area contributed by atoms with Crippen LogP contribution in [-0.2, 0) is 21.2 Å². The SMILES string of the molecule is Cc1[nH]c(=O)sc1S(=O)(=O)N1CCN(C(=O)CCc2c[nH]c3ccccc23)CC1. The van der Waals surface area contributed by atoms with Gasteiger partial charge in [-0.05, 0) is 25.0 Å². The number of piperazine rings is 1. The minimum Gasteiger partial charge on any atom is -0.361 e. The van der Waals surface area contributed by atoms with Gasteiger partial charge in [0.25, 0.3) is 10.0 Å². The molecule has 0 bridgehead atoms. The predicted molar refractivity (Wildman–Crippen MR) is 112 cm³/mol. The number of aromatic amines is 2. The van der Waals surface area contributed by atoms with Crippen LogP contribution in [-0.4, -0.2) is 59.7 Å². The highest BCUT2D eigenvalue weighted by Gasteiger charge is 2.32. The summed E-state index contributed by atoms with van der Waals surface area (Å²) in [4.78, 5) is 31.1. The molecule has 2 N–H and O–H groups in total. The summed E-state index contributed by atoms with van der Waals surface area (Å²) >= 11 is 0.705. The number of aryl methyl sites for hydroxylation is 2. The molecule has 1 aromatic carbocycles. The first-order valence-corrected chi connectivity index (χ1v) is 11.6. The zero-order valence-corrected chi connectivity index (χ0v) is 17.6. The molecule has 3 aromatic rings. The van der Waals surface area contributed by atoms with E-state index in [9.17, 15) is 18.0 Å². The van der Waals surface area contributed by atoms with E-state index in [-0.39, 0.29) is 28.1 Å². The largest absolute Gasteiger partial charge is 0.361 e. The summed E-state index contributed by atoms with van der Waals surface area (Å²) in [5, 5.41) is 1.12. The summed E-state index contributed by atoms with van der Waals surface area (Å²) in [6, 6.07) is 7.98. The van der Waals surface area contributed by atoms with E-state index >= 15 is 0 Å². The minimum atomic E-state index is -3.71. The van der Waals surface area contributed by atoms with Gasteiger partial charge < -0.3 is 14.9 Å². The summed E-state index contributed by atoms with van der Waals surface area (Å²) in [5.41, 5.74) is 2.52. The van der Waals surface area contributed by atoms with Crippen molar-refractivity contribution in [3.05, 3.63) is 51.4 Å². The third kappa shape index (κ3) is 3.87. The number of sulfonamides is 1. The predicted octanol–water partition coefficient (Wildman–Crippen LogP) is 1.69. The van der Waals surface area contributed by atoms with Gasteiger partial charge >= 0.3 is 4.87 Å². The molecule has 0 saturated carbocycles. The van der Waals surface area contributed by atoms with E-state index in [2.05, 4.69) is 9.97 Å². The zero-order chi connectivity index (χ0) is 20.6. The van der Waals surface area contributed by atoms with Crippen LogP contribution in [0.5, 0.6) is 0 Å². The number of hydrogen-bond acceptors (Lipinski definition) is 5. The van der Waals surface area contributed by atoms with Gasteiger partial charge in [-0.15, -0.1) is 0 Å². The molecular formula is C19H22N4O4S2. The molecule has 1 aliphatic heterocycles. The van der Waals surface area contributed by atoms with Crippen LogP contribution in [0, 0.1) is 6.92 Å². The van der Waals surface area contributed by atoms with Gasteiger partial charge in [-0.25, -0.2) is 8.42 Å². The highest BCUT2D eigenvalue weighted by molar-refractivity contribution is 7.91.